The maximum absolute atomic E-state index is 12.5. The first kappa shape index (κ1) is 17.5. The van der Waals surface area contributed by atoms with Crippen LogP contribution in [-0.2, 0) is 21.8 Å². The maximum atomic E-state index is 12.5. The van der Waals surface area contributed by atoms with Crippen LogP contribution in [0, 0.1) is 0 Å². The van der Waals surface area contributed by atoms with E-state index in [-0.39, 0.29) is 16.6 Å². The summed E-state index contributed by atoms with van der Waals surface area (Å²) in [4.78, 5) is 11.9. The van der Waals surface area contributed by atoms with Crippen molar-refractivity contribution >= 4 is 28.1 Å². The first-order chi connectivity index (χ1) is 9.54. The number of alkyl halides is 3. The van der Waals surface area contributed by atoms with Gasteiger partial charge < -0.3 is 11.1 Å². The number of hydrogen-bond donors (Lipinski definition) is 2. The Morgan fingerprint density at radius 3 is 2.29 bits per heavy atom. The van der Waals surface area contributed by atoms with E-state index in [1.54, 1.807) is 13.8 Å². The number of carbonyl (C=O) groups excluding carboxylic acids is 1. The van der Waals surface area contributed by atoms with E-state index in [0.29, 0.717) is 0 Å². The van der Waals surface area contributed by atoms with E-state index in [1.807, 2.05) is 0 Å². The third kappa shape index (κ3) is 4.45. The summed E-state index contributed by atoms with van der Waals surface area (Å²) in [6.45, 7) is 4.92. The van der Waals surface area contributed by atoms with E-state index in [1.165, 1.54) is 6.92 Å². The SMILES string of the molecule is CC(C)S(=O)C(C)C(=O)Nc1ccc(C(F)(F)F)cc1N. The van der Waals surface area contributed by atoms with Gasteiger partial charge in [0.05, 0.1) is 16.9 Å². The van der Waals surface area contributed by atoms with E-state index in [9.17, 15) is 22.2 Å². The van der Waals surface area contributed by atoms with Gasteiger partial charge in [-0.25, -0.2) is 0 Å². The number of amides is 1. The average molecular weight is 322 g/mol. The molecule has 0 bridgehead atoms. The molecular weight excluding hydrogens is 305 g/mol. The van der Waals surface area contributed by atoms with Crippen molar-refractivity contribution in [3.05, 3.63) is 23.8 Å². The minimum atomic E-state index is -4.50. The summed E-state index contributed by atoms with van der Waals surface area (Å²) < 4.78 is 49.3. The van der Waals surface area contributed by atoms with E-state index in [4.69, 9.17) is 5.73 Å². The molecule has 0 aliphatic carbocycles. The Balaban J connectivity index is 2.89. The molecule has 4 nitrogen and oxygen atoms in total. The van der Waals surface area contributed by atoms with Crippen LogP contribution in [-0.4, -0.2) is 20.6 Å². The molecule has 118 valence electrons. The standard InChI is InChI=1S/C13H17F3N2O2S/c1-7(2)21(20)8(3)12(19)18-11-5-4-9(6-10(11)17)13(14,15)16/h4-8H,17H2,1-3H3,(H,18,19). The molecule has 0 saturated carbocycles. The fraction of sp³-hybridized carbons (Fsp3) is 0.462. The highest BCUT2D eigenvalue weighted by molar-refractivity contribution is 7.87. The van der Waals surface area contributed by atoms with Crippen LogP contribution in [0.25, 0.3) is 0 Å². The Morgan fingerprint density at radius 1 is 1.29 bits per heavy atom. The topological polar surface area (TPSA) is 72.2 Å². The molecule has 0 heterocycles. The monoisotopic (exact) mass is 322 g/mol. The fourth-order valence-corrected chi connectivity index (χ4v) is 2.69. The van der Waals surface area contributed by atoms with Crippen LogP contribution in [0.5, 0.6) is 0 Å². The predicted octanol–water partition coefficient (Wildman–Crippen LogP) is 2.77. The molecule has 0 saturated heterocycles. The van der Waals surface area contributed by atoms with E-state index < -0.39 is 33.7 Å². The Hall–Kier alpha value is -1.57. The van der Waals surface area contributed by atoms with Crippen LogP contribution in [0.4, 0.5) is 24.5 Å². The van der Waals surface area contributed by atoms with Gasteiger partial charge in [-0.2, -0.15) is 13.2 Å². The van der Waals surface area contributed by atoms with Crippen LogP contribution in [0.3, 0.4) is 0 Å². The van der Waals surface area contributed by atoms with Crippen LogP contribution < -0.4 is 11.1 Å². The number of hydrogen-bond acceptors (Lipinski definition) is 3. The van der Waals surface area contributed by atoms with Crippen molar-refractivity contribution in [2.45, 2.75) is 37.4 Å². The number of nitrogens with two attached hydrogens (primary N) is 1. The minimum absolute atomic E-state index is 0.0700. The van der Waals surface area contributed by atoms with Gasteiger partial charge in [-0.1, -0.05) is 13.8 Å². The summed E-state index contributed by atoms with van der Waals surface area (Å²) in [5.41, 5.74) is 4.50. The lowest BCUT2D eigenvalue weighted by molar-refractivity contribution is -0.137. The molecule has 21 heavy (non-hydrogen) atoms. The highest BCUT2D eigenvalue weighted by atomic mass is 32.2. The molecule has 0 radical (unpaired) electrons. The van der Waals surface area contributed by atoms with Crippen molar-refractivity contribution < 1.29 is 22.2 Å². The number of benzene rings is 1. The zero-order chi connectivity index (χ0) is 16.4. The third-order valence-corrected chi connectivity index (χ3v) is 4.66. The Labute approximate surface area is 123 Å². The highest BCUT2D eigenvalue weighted by Gasteiger charge is 2.31. The van der Waals surface area contributed by atoms with Crippen LogP contribution in [0.2, 0.25) is 0 Å². The molecule has 8 heteroatoms. The van der Waals surface area contributed by atoms with Gasteiger partial charge in [-0.15, -0.1) is 0 Å². The molecule has 0 aromatic heterocycles. The van der Waals surface area contributed by atoms with Gasteiger partial charge in [0.2, 0.25) is 5.91 Å². The normalized spacial score (nSPS) is 14.8. The largest absolute Gasteiger partial charge is 0.416 e. The third-order valence-electron chi connectivity index (χ3n) is 2.82. The van der Waals surface area contributed by atoms with Crippen molar-refractivity contribution in [2.75, 3.05) is 11.1 Å². The molecule has 1 aromatic carbocycles. The van der Waals surface area contributed by atoms with Crippen LogP contribution in [0.1, 0.15) is 26.3 Å². The van der Waals surface area contributed by atoms with Gasteiger partial charge in [0.25, 0.3) is 0 Å². The van der Waals surface area contributed by atoms with Crippen LogP contribution >= 0.6 is 0 Å². The zero-order valence-electron chi connectivity index (χ0n) is 11.8. The summed E-state index contributed by atoms with van der Waals surface area (Å²) >= 11 is 0. The van der Waals surface area contributed by atoms with E-state index in [0.717, 1.165) is 18.2 Å². The number of nitrogen functional groups attached to an aromatic ring is 1. The van der Waals surface area contributed by atoms with Crippen molar-refractivity contribution in [3.8, 4) is 0 Å². The Morgan fingerprint density at radius 2 is 1.86 bits per heavy atom. The molecule has 1 amide bonds. The van der Waals surface area contributed by atoms with Gasteiger partial charge in [-0.3, -0.25) is 9.00 Å². The Bertz CT molecular complexity index is 559. The lowest BCUT2D eigenvalue weighted by Crippen LogP contribution is -2.32. The molecule has 1 rings (SSSR count). The van der Waals surface area contributed by atoms with E-state index >= 15 is 0 Å². The van der Waals surface area contributed by atoms with Crippen molar-refractivity contribution in [1.82, 2.24) is 0 Å². The second-order valence-corrected chi connectivity index (χ2v) is 7.12. The second-order valence-electron chi connectivity index (χ2n) is 4.81. The molecule has 0 aliphatic heterocycles. The van der Waals surface area contributed by atoms with Gasteiger partial charge in [0.1, 0.15) is 5.25 Å². The second kappa shape index (κ2) is 6.46. The number of nitrogens with one attached hydrogen (secondary N) is 1. The lowest BCUT2D eigenvalue weighted by Gasteiger charge is -2.16. The minimum Gasteiger partial charge on any atom is -0.397 e. The number of rotatable bonds is 4. The van der Waals surface area contributed by atoms with Gasteiger partial charge >= 0.3 is 6.18 Å². The summed E-state index contributed by atoms with van der Waals surface area (Å²) in [6, 6.07) is 2.66. The summed E-state index contributed by atoms with van der Waals surface area (Å²) in [5, 5.41) is 1.42. The van der Waals surface area contributed by atoms with Gasteiger partial charge in [0, 0.05) is 16.0 Å². The number of carbonyl (C=O) groups is 1. The predicted molar refractivity (Wildman–Crippen MR) is 77.2 cm³/mol. The first-order valence-corrected chi connectivity index (χ1v) is 7.48. The van der Waals surface area contributed by atoms with Crippen molar-refractivity contribution in [2.24, 2.45) is 0 Å². The van der Waals surface area contributed by atoms with Crippen molar-refractivity contribution in [1.29, 1.82) is 0 Å². The van der Waals surface area contributed by atoms with Gasteiger partial charge in [0.15, 0.2) is 0 Å². The molecule has 0 aliphatic rings. The summed E-state index contributed by atoms with van der Waals surface area (Å²) in [5.74, 6) is -0.548. The highest BCUT2D eigenvalue weighted by Crippen LogP contribution is 2.32. The quantitative estimate of drug-likeness (QED) is 0.837. The molecule has 0 fully saturated rings. The van der Waals surface area contributed by atoms with Gasteiger partial charge in [-0.05, 0) is 25.1 Å². The lowest BCUT2D eigenvalue weighted by atomic mass is 10.1. The first-order valence-electron chi connectivity index (χ1n) is 6.21. The maximum Gasteiger partial charge on any atom is 0.416 e. The van der Waals surface area contributed by atoms with Crippen molar-refractivity contribution in [3.63, 3.8) is 0 Å². The molecule has 2 unspecified atom stereocenters. The Kier molecular flexibility index (Phi) is 5.38. The molecule has 1 aromatic rings. The zero-order valence-corrected chi connectivity index (χ0v) is 12.6. The summed E-state index contributed by atoms with van der Waals surface area (Å²) in [7, 11) is -1.38. The average Bonchev–Trinajstić information content (AvgIpc) is 2.37. The number of anilines is 2. The molecule has 3 N–H and O–H groups in total. The number of halogens is 3. The molecule has 0 spiro atoms. The molecular formula is C13H17F3N2O2S. The van der Waals surface area contributed by atoms with E-state index in [2.05, 4.69) is 5.32 Å². The smallest absolute Gasteiger partial charge is 0.397 e. The fourth-order valence-electron chi connectivity index (χ4n) is 1.60. The summed E-state index contributed by atoms with van der Waals surface area (Å²) in [6.07, 6.45) is -4.50. The molecule has 2 atom stereocenters. The van der Waals surface area contributed by atoms with Crippen LogP contribution in [0.15, 0.2) is 18.2 Å².